The fourth-order valence-corrected chi connectivity index (χ4v) is 2.41. The van der Waals surface area contributed by atoms with E-state index in [1.54, 1.807) is 12.1 Å². The number of halogens is 2. The van der Waals surface area contributed by atoms with E-state index < -0.39 is 6.61 Å². The van der Waals surface area contributed by atoms with Gasteiger partial charge in [0.2, 0.25) is 5.91 Å². The average molecular weight is 298 g/mol. The lowest BCUT2D eigenvalue weighted by Gasteiger charge is -2.33. The second-order valence-corrected chi connectivity index (χ2v) is 5.52. The monoisotopic (exact) mass is 298 g/mol. The minimum absolute atomic E-state index is 0.0501. The number of nitrogens with zero attached hydrogens (tertiary/aromatic N) is 1. The summed E-state index contributed by atoms with van der Waals surface area (Å²) in [5.74, 6) is 0.494. The number of ether oxygens (including phenoxy) is 1. The van der Waals surface area contributed by atoms with E-state index in [2.05, 4.69) is 23.9 Å². The largest absolute Gasteiger partial charge is 0.435 e. The van der Waals surface area contributed by atoms with E-state index in [0.29, 0.717) is 5.92 Å². The second kappa shape index (κ2) is 6.39. The van der Waals surface area contributed by atoms with Gasteiger partial charge in [0.25, 0.3) is 0 Å². The number of hydrogen-bond donors (Lipinski definition) is 1. The van der Waals surface area contributed by atoms with E-state index >= 15 is 0 Å². The Kier molecular flexibility index (Phi) is 4.77. The molecule has 0 aliphatic carbocycles. The molecular weight excluding hydrogens is 278 g/mol. The predicted octanol–water partition coefficient (Wildman–Crippen LogP) is 2.76. The van der Waals surface area contributed by atoms with Crippen LogP contribution in [0, 0.1) is 5.92 Å². The molecule has 1 aliphatic rings. The van der Waals surface area contributed by atoms with Crippen LogP contribution in [0.25, 0.3) is 0 Å². The van der Waals surface area contributed by atoms with Crippen LogP contribution in [0.1, 0.15) is 32.5 Å². The first kappa shape index (κ1) is 15.7. The number of hydrogen-bond acceptors (Lipinski definition) is 3. The third-order valence-electron chi connectivity index (χ3n) is 3.84. The molecule has 116 valence electrons. The summed E-state index contributed by atoms with van der Waals surface area (Å²) in [6.45, 7) is 3.59. The van der Waals surface area contributed by atoms with Crippen molar-refractivity contribution in [1.82, 2.24) is 10.2 Å². The molecule has 4 nitrogen and oxygen atoms in total. The maximum Gasteiger partial charge on any atom is 0.387 e. The quantitative estimate of drug-likeness (QED) is 0.909. The molecule has 1 aromatic carbocycles. The van der Waals surface area contributed by atoms with Gasteiger partial charge in [-0.15, -0.1) is 0 Å². The molecule has 21 heavy (non-hydrogen) atoms. The van der Waals surface area contributed by atoms with E-state index in [4.69, 9.17) is 0 Å². The van der Waals surface area contributed by atoms with Gasteiger partial charge < -0.3 is 9.64 Å². The van der Waals surface area contributed by atoms with Crippen LogP contribution < -0.4 is 10.1 Å². The van der Waals surface area contributed by atoms with E-state index in [9.17, 15) is 13.6 Å². The molecule has 1 saturated heterocycles. The Balaban J connectivity index is 2.18. The van der Waals surface area contributed by atoms with Crippen molar-refractivity contribution < 1.29 is 18.3 Å². The highest BCUT2D eigenvalue weighted by Crippen LogP contribution is 2.28. The molecule has 2 rings (SSSR count). The molecule has 0 aromatic heterocycles. The number of carbonyl (C=O) groups excluding carboxylic acids is 1. The van der Waals surface area contributed by atoms with Crippen LogP contribution in [-0.4, -0.2) is 30.0 Å². The lowest BCUT2D eigenvalue weighted by atomic mass is 10.0. The first-order valence-electron chi connectivity index (χ1n) is 6.99. The summed E-state index contributed by atoms with van der Waals surface area (Å²) in [5.41, 5.74) is 0.856. The van der Waals surface area contributed by atoms with Gasteiger partial charge in [0.05, 0.1) is 6.54 Å². The van der Waals surface area contributed by atoms with Crippen LogP contribution in [0.3, 0.4) is 0 Å². The Morgan fingerprint density at radius 2 is 1.86 bits per heavy atom. The minimum atomic E-state index is -2.83. The Morgan fingerprint density at radius 1 is 1.24 bits per heavy atom. The van der Waals surface area contributed by atoms with Gasteiger partial charge >= 0.3 is 6.61 Å². The van der Waals surface area contributed by atoms with E-state index in [-0.39, 0.29) is 30.4 Å². The molecule has 1 aliphatic heterocycles. The predicted molar refractivity (Wildman–Crippen MR) is 75.0 cm³/mol. The van der Waals surface area contributed by atoms with Crippen LogP contribution in [0.4, 0.5) is 8.78 Å². The first-order valence-corrected chi connectivity index (χ1v) is 6.99. The van der Waals surface area contributed by atoms with Gasteiger partial charge in [-0.25, -0.2) is 0 Å². The summed E-state index contributed by atoms with van der Waals surface area (Å²) in [5, 5.41) is 3.16. The first-order chi connectivity index (χ1) is 9.90. The van der Waals surface area contributed by atoms with E-state index in [1.165, 1.54) is 12.1 Å². The summed E-state index contributed by atoms with van der Waals surface area (Å²) in [6.07, 6.45) is -0.226. The van der Waals surface area contributed by atoms with Crippen LogP contribution in [-0.2, 0) is 4.79 Å². The standard InChI is InChI=1S/C15H20F2N2O2/c1-9(2)10(3)19-13(20)8-18-14(19)11-4-6-12(7-5-11)21-15(16)17/h4-7,9-10,14-15,18H,8H2,1-3H3. The van der Waals surface area contributed by atoms with Crippen LogP contribution in [0.5, 0.6) is 5.75 Å². The number of alkyl halides is 2. The SMILES string of the molecule is CC(C)C(C)N1C(=O)CNC1c1ccc(OC(F)F)cc1. The van der Waals surface area contributed by atoms with Crippen molar-refractivity contribution in [2.75, 3.05) is 6.54 Å². The number of carbonyl (C=O) groups is 1. The Hall–Kier alpha value is -1.69. The molecule has 1 amide bonds. The van der Waals surface area contributed by atoms with Crippen molar-refractivity contribution in [2.24, 2.45) is 5.92 Å². The lowest BCUT2D eigenvalue weighted by molar-refractivity contribution is -0.130. The fraction of sp³-hybridized carbons (Fsp3) is 0.533. The molecule has 6 heteroatoms. The summed E-state index contributed by atoms with van der Waals surface area (Å²) in [4.78, 5) is 13.9. The molecule has 1 heterocycles. The normalized spacial score (nSPS) is 20.4. The second-order valence-electron chi connectivity index (χ2n) is 5.52. The third kappa shape index (κ3) is 3.50. The molecule has 0 radical (unpaired) electrons. The van der Waals surface area contributed by atoms with E-state index in [0.717, 1.165) is 5.56 Å². The molecule has 0 saturated carbocycles. The average Bonchev–Trinajstić information content (AvgIpc) is 2.80. The van der Waals surface area contributed by atoms with Gasteiger partial charge in [0.1, 0.15) is 11.9 Å². The minimum Gasteiger partial charge on any atom is -0.435 e. The molecule has 2 atom stereocenters. The highest BCUT2D eigenvalue weighted by atomic mass is 19.3. The van der Waals surface area contributed by atoms with Gasteiger partial charge in [-0.05, 0) is 30.5 Å². The summed E-state index contributed by atoms with van der Waals surface area (Å²) < 4.78 is 28.6. The molecule has 1 aromatic rings. The lowest BCUT2D eigenvalue weighted by Crippen LogP contribution is -2.40. The maximum absolute atomic E-state index is 12.1. The Morgan fingerprint density at radius 3 is 2.38 bits per heavy atom. The van der Waals surface area contributed by atoms with Crippen molar-refractivity contribution in [3.63, 3.8) is 0 Å². The number of nitrogens with one attached hydrogen (secondary N) is 1. The maximum atomic E-state index is 12.1. The summed E-state index contributed by atoms with van der Waals surface area (Å²) in [7, 11) is 0. The third-order valence-corrected chi connectivity index (χ3v) is 3.84. The molecule has 2 unspecified atom stereocenters. The van der Waals surface area contributed by atoms with Crippen LogP contribution >= 0.6 is 0 Å². The molecular formula is C15H20F2N2O2. The van der Waals surface area contributed by atoms with Crippen LogP contribution in [0.15, 0.2) is 24.3 Å². The zero-order valence-corrected chi connectivity index (χ0v) is 12.3. The number of amides is 1. The van der Waals surface area contributed by atoms with Gasteiger partial charge in [-0.2, -0.15) is 8.78 Å². The van der Waals surface area contributed by atoms with Crippen molar-refractivity contribution in [3.05, 3.63) is 29.8 Å². The number of benzene rings is 1. The van der Waals surface area contributed by atoms with Crippen molar-refractivity contribution in [2.45, 2.75) is 39.6 Å². The smallest absolute Gasteiger partial charge is 0.387 e. The Labute approximate surface area is 123 Å². The summed E-state index contributed by atoms with van der Waals surface area (Å²) >= 11 is 0. The molecule has 1 N–H and O–H groups in total. The van der Waals surface area contributed by atoms with Crippen LogP contribution in [0.2, 0.25) is 0 Å². The van der Waals surface area contributed by atoms with Gasteiger partial charge in [-0.1, -0.05) is 26.0 Å². The van der Waals surface area contributed by atoms with Gasteiger partial charge in [0.15, 0.2) is 0 Å². The molecule has 1 fully saturated rings. The zero-order chi connectivity index (χ0) is 15.6. The van der Waals surface area contributed by atoms with Crippen molar-refractivity contribution in [3.8, 4) is 5.75 Å². The van der Waals surface area contributed by atoms with Gasteiger partial charge in [0, 0.05) is 6.04 Å². The highest BCUT2D eigenvalue weighted by Gasteiger charge is 2.35. The molecule has 0 bridgehead atoms. The zero-order valence-electron chi connectivity index (χ0n) is 12.3. The van der Waals surface area contributed by atoms with Gasteiger partial charge in [-0.3, -0.25) is 10.1 Å². The highest BCUT2D eigenvalue weighted by molar-refractivity contribution is 5.81. The van der Waals surface area contributed by atoms with Crippen molar-refractivity contribution >= 4 is 5.91 Å². The van der Waals surface area contributed by atoms with Crippen molar-refractivity contribution in [1.29, 1.82) is 0 Å². The number of rotatable bonds is 5. The van der Waals surface area contributed by atoms with E-state index in [1.807, 2.05) is 11.8 Å². The Bertz CT molecular complexity index is 491. The topological polar surface area (TPSA) is 41.6 Å². The fourth-order valence-electron chi connectivity index (χ4n) is 2.41. The summed E-state index contributed by atoms with van der Waals surface area (Å²) in [6, 6.07) is 6.48. The molecule has 0 spiro atoms.